The van der Waals surface area contributed by atoms with E-state index in [1.165, 1.54) is 28.8 Å². The number of alkyl halides is 3. The summed E-state index contributed by atoms with van der Waals surface area (Å²) in [7, 11) is 0. The second kappa shape index (κ2) is 10.5. The molecule has 0 saturated carbocycles. The van der Waals surface area contributed by atoms with Gasteiger partial charge in [0.25, 0.3) is 11.8 Å². The van der Waals surface area contributed by atoms with Gasteiger partial charge in [0, 0.05) is 21.7 Å². The molecule has 196 valence electrons. The van der Waals surface area contributed by atoms with E-state index in [2.05, 4.69) is 27.1 Å². The number of hydrogen-bond donors (Lipinski definition) is 3. The average molecular weight is 546 g/mol. The van der Waals surface area contributed by atoms with E-state index in [4.69, 9.17) is 5.73 Å². The summed E-state index contributed by atoms with van der Waals surface area (Å²) in [6.45, 7) is 1.50. The van der Waals surface area contributed by atoms with Crippen LogP contribution in [-0.2, 0) is 4.79 Å². The molecule has 0 aliphatic heterocycles. The predicted octanol–water partition coefficient (Wildman–Crippen LogP) is 4.48. The molecular weight excluding hydrogens is 526 g/mol. The number of carbonyl (C=O) groups is 2. The quantitative estimate of drug-likeness (QED) is 0.178. The van der Waals surface area contributed by atoms with Crippen molar-refractivity contribution in [3.05, 3.63) is 66.8 Å². The Labute approximate surface area is 217 Å². The minimum atomic E-state index is -4.54. The summed E-state index contributed by atoms with van der Waals surface area (Å²) in [5, 5.41) is 12.9. The number of hydrogen-bond acceptors (Lipinski definition) is 7. The highest BCUT2D eigenvalue weighted by Crippen LogP contribution is 2.39. The van der Waals surface area contributed by atoms with Gasteiger partial charge in [-0.05, 0) is 36.1 Å². The number of benzene rings is 2. The monoisotopic (exact) mass is 545 g/mol. The number of carbonyl (C=O) groups excluding carboxylic acids is 2. The molecule has 2 amide bonds. The number of halogens is 4. The van der Waals surface area contributed by atoms with Gasteiger partial charge in [0.2, 0.25) is 0 Å². The SMILES string of the molecule is C=C(F)C(=O)Nc1ccc(-c2nn3ncnc(N)c3c2-c2ccc(C(=O)NCC(F)(F)F)c(SC)c2)cc1. The number of nitrogens with two attached hydrogens (primary N) is 1. The fraction of sp³-hybridized carbons (Fsp3) is 0.125. The minimum Gasteiger partial charge on any atom is -0.382 e. The molecule has 14 heteroatoms. The summed E-state index contributed by atoms with van der Waals surface area (Å²) in [5.74, 6) is -2.85. The lowest BCUT2D eigenvalue weighted by Crippen LogP contribution is -2.33. The zero-order valence-electron chi connectivity index (χ0n) is 19.6. The Hall–Kier alpha value is -4.46. The molecule has 0 aliphatic rings. The van der Waals surface area contributed by atoms with Crippen LogP contribution in [0.4, 0.5) is 29.1 Å². The van der Waals surface area contributed by atoms with Gasteiger partial charge in [-0.1, -0.05) is 24.8 Å². The van der Waals surface area contributed by atoms with E-state index in [1.54, 1.807) is 42.7 Å². The Morgan fingerprint density at radius 2 is 1.82 bits per heavy atom. The smallest absolute Gasteiger partial charge is 0.382 e. The molecule has 2 aromatic carbocycles. The molecule has 0 aliphatic carbocycles. The normalized spacial score (nSPS) is 11.4. The molecule has 38 heavy (non-hydrogen) atoms. The van der Waals surface area contributed by atoms with E-state index < -0.39 is 30.4 Å². The summed E-state index contributed by atoms with van der Waals surface area (Å²) in [6, 6.07) is 11.0. The van der Waals surface area contributed by atoms with Gasteiger partial charge >= 0.3 is 6.18 Å². The van der Waals surface area contributed by atoms with Crippen LogP contribution in [0, 0.1) is 0 Å². The first-order chi connectivity index (χ1) is 18.0. The van der Waals surface area contributed by atoms with Gasteiger partial charge in [-0.25, -0.2) is 9.37 Å². The summed E-state index contributed by atoms with van der Waals surface area (Å²) in [4.78, 5) is 28.5. The molecule has 9 nitrogen and oxygen atoms in total. The highest BCUT2D eigenvalue weighted by atomic mass is 32.2. The second-order valence-electron chi connectivity index (χ2n) is 7.86. The summed E-state index contributed by atoms with van der Waals surface area (Å²) in [6.07, 6.45) is -1.63. The minimum absolute atomic E-state index is 0.0716. The van der Waals surface area contributed by atoms with Gasteiger partial charge in [-0.3, -0.25) is 9.59 Å². The van der Waals surface area contributed by atoms with E-state index >= 15 is 0 Å². The standard InChI is InChI=1S/C24H19F4N7O2S/c1-12(25)22(36)33-15-6-3-13(4-7-15)19-18(20-21(29)31-11-32-35(20)34-19)14-5-8-16(17(9-14)38-2)23(37)30-10-24(26,27)28/h3-9,11H,1,10H2,2H3,(H,30,37)(H,33,36)(H2,29,31,32). The first-order valence-corrected chi connectivity index (χ1v) is 12.0. The molecule has 0 fully saturated rings. The Morgan fingerprint density at radius 3 is 2.45 bits per heavy atom. The van der Waals surface area contributed by atoms with E-state index in [0.29, 0.717) is 38.5 Å². The zero-order chi connectivity index (χ0) is 27.6. The van der Waals surface area contributed by atoms with Gasteiger partial charge in [0.05, 0.1) is 5.56 Å². The molecule has 0 bridgehead atoms. The third-order valence-electron chi connectivity index (χ3n) is 5.32. The van der Waals surface area contributed by atoms with Gasteiger partial charge in [-0.2, -0.15) is 13.2 Å². The maximum atomic E-state index is 13.0. The third kappa shape index (κ3) is 5.59. The van der Waals surface area contributed by atoms with E-state index in [0.717, 1.165) is 0 Å². The first-order valence-electron chi connectivity index (χ1n) is 10.8. The number of anilines is 2. The number of aromatic nitrogens is 4. The van der Waals surface area contributed by atoms with Crippen LogP contribution in [0.1, 0.15) is 10.4 Å². The van der Waals surface area contributed by atoms with Crippen LogP contribution in [0.2, 0.25) is 0 Å². The van der Waals surface area contributed by atoms with Crippen molar-refractivity contribution in [3.8, 4) is 22.4 Å². The predicted molar refractivity (Wildman–Crippen MR) is 135 cm³/mol. The van der Waals surface area contributed by atoms with Crippen molar-refractivity contribution in [1.29, 1.82) is 0 Å². The molecule has 4 N–H and O–H groups in total. The Kier molecular flexibility index (Phi) is 7.35. The van der Waals surface area contributed by atoms with Crippen molar-refractivity contribution >= 4 is 40.6 Å². The second-order valence-corrected chi connectivity index (χ2v) is 8.70. The largest absolute Gasteiger partial charge is 0.405 e. The summed E-state index contributed by atoms with van der Waals surface area (Å²) in [5.41, 5.74) is 8.97. The molecule has 0 spiro atoms. The lowest BCUT2D eigenvalue weighted by atomic mass is 9.98. The van der Waals surface area contributed by atoms with Crippen LogP contribution in [0.3, 0.4) is 0 Å². The van der Waals surface area contributed by atoms with Gasteiger partial charge < -0.3 is 16.4 Å². The molecule has 0 unspecified atom stereocenters. The van der Waals surface area contributed by atoms with Crippen LogP contribution in [0.15, 0.2) is 66.1 Å². The van der Waals surface area contributed by atoms with Crippen molar-refractivity contribution in [2.75, 3.05) is 23.9 Å². The number of nitrogen functional groups attached to an aromatic ring is 1. The highest BCUT2D eigenvalue weighted by molar-refractivity contribution is 7.98. The fourth-order valence-electron chi connectivity index (χ4n) is 3.61. The summed E-state index contributed by atoms with van der Waals surface area (Å²) >= 11 is 1.18. The van der Waals surface area contributed by atoms with Crippen LogP contribution in [0.25, 0.3) is 27.9 Å². The van der Waals surface area contributed by atoms with E-state index in [-0.39, 0.29) is 11.4 Å². The van der Waals surface area contributed by atoms with E-state index in [1.807, 2.05) is 5.32 Å². The zero-order valence-corrected chi connectivity index (χ0v) is 20.5. The topological polar surface area (TPSA) is 127 Å². The lowest BCUT2D eigenvalue weighted by molar-refractivity contribution is -0.123. The van der Waals surface area contributed by atoms with Gasteiger partial charge in [0.15, 0.2) is 11.6 Å². The molecule has 4 rings (SSSR count). The number of amides is 2. The number of rotatable bonds is 7. The Morgan fingerprint density at radius 1 is 1.13 bits per heavy atom. The Bertz CT molecular complexity index is 1550. The lowest BCUT2D eigenvalue weighted by Gasteiger charge is -2.13. The average Bonchev–Trinajstić information content (AvgIpc) is 3.27. The molecular formula is C24H19F4N7O2S. The fourth-order valence-corrected chi connectivity index (χ4v) is 4.24. The van der Waals surface area contributed by atoms with Crippen LogP contribution in [0.5, 0.6) is 0 Å². The van der Waals surface area contributed by atoms with Crippen LogP contribution in [-0.4, -0.2) is 50.6 Å². The molecule has 4 aromatic rings. The van der Waals surface area contributed by atoms with Crippen molar-refractivity contribution in [2.45, 2.75) is 11.1 Å². The molecule has 2 aromatic heterocycles. The first kappa shape index (κ1) is 26.6. The Balaban J connectivity index is 1.79. The molecule has 0 saturated heterocycles. The van der Waals surface area contributed by atoms with Crippen molar-refractivity contribution in [1.82, 2.24) is 25.1 Å². The number of nitrogens with one attached hydrogen (secondary N) is 2. The number of thioether (sulfide) groups is 1. The van der Waals surface area contributed by atoms with Crippen molar-refractivity contribution in [3.63, 3.8) is 0 Å². The number of fused-ring (bicyclic) bond motifs is 1. The van der Waals surface area contributed by atoms with Crippen LogP contribution < -0.4 is 16.4 Å². The van der Waals surface area contributed by atoms with E-state index in [9.17, 15) is 27.2 Å². The highest BCUT2D eigenvalue weighted by Gasteiger charge is 2.28. The molecule has 0 radical (unpaired) electrons. The van der Waals surface area contributed by atoms with Gasteiger partial charge in [0.1, 0.15) is 24.1 Å². The van der Waals surface area contributed by atoms with Crippen molar-refractivity contribution in [2.24, 2.45) is 0 Å². The summed E-state index contributed by atoms with van der Waals surface area (Å²) < 4.78 is 52.1. The maximum absolute atomic E-state index is 13.0. The third-order valence-corrected chi connectivity index (χ3v) is 6.09. The maximum Gasteiger partial charge on any atom is 0.405 e. The van der Waals surface area contributed by atoms with Crippen molar-refractivity contribution < 1.29 is 27.2 Å². The molecule has 2 heterocycles. The number of nitrogens with zero attached hydrogens (tertiary/aromatic N) is 4. The van der Waals surface area contributed by atoms with Gasteiger partial charge in [-0.15, -0.1) is 26.6 Å². The van der Waals surface area contributed by atoms with Crippen LogP contribution >= 0.6 is 11.8 Å². The molecule has 0 atom stereocenters.